The fourth-order valence-corrected chi connectivity index (χ4v) is 3.46. The first-order chi connectivity index (χ1) is 11.3. The summed E-state index contributed by atoms with van der Waals surface area (Å²) in [5, 5.41) is 0. The molecule has 0 heteroatoms. The Kier molecular flexibility index (Phi) is 17.9. The molecule has 0 aliphatic heterocycles. The van der Waals surface area contributed by atoms with Crippen molar-refractivity contribution < 1.29 is 0 Å². The monoisotopic (exact) mass is 322 g/mol. The van der Waals surface area contributed by atoms with Crippen molar-refractivity contribution in [3.05, 3.63) is 12.2 Å². The second kappa shape index (κ2) is 18.1. The van der Waals surface area contributed by atoms with E-state index in [2.05, 4.69) is 39.8 Å². The average Bonchev–Trinajstić information content (AvgIpc) is 2.57. The first-order valence-corrected chi connectivity index (χ1v) is 10.9. The highest BCUT2D eigenvalue weighted by Crippen LogP contribution is 2.27. The van der Waals surface area contributed by atoms with Crippen LogP contribution in [-0.2, 0) is 0 Å². The van der Waals surface area contributed by atoms with Crippen molar-refractivity contribution in [3.8, 4) is 0 Å². The Bertz CT molecular complexity index is 240. The van der Waals surface area contributed by atoms with Crippen LogP contribution in [0.15, 0.2) is 12.2 Å². The molecule has 0 aliphatic carbocycles. The van der Waals surface area contributed by atoms with Crippen molar-refractivity contribution in [2.45, 2.75) is 124 Å². The summed E-state index contributed by atoms with van der Waals surface area (Å²) in [4.78, 5) is 0. The standard InChI is InChI=1S/C23H46/c1-5-8-10-12-14-15-17-19-21-23(22(4)7-3)20-18-16-13-11-9-6-2/h12,14,22-23H,5-11,13,15-21H2,1-4H3/b14-12+. The van der Waals surface area contributed by atoms with E-state index in [1.165, 1.54) is 96.3 Å². The predicted octanol–water partition coefficient (Wildman–Crippen LogP) is 8.71. The summed E-state index contributed by atoms with van der Waals surface area (Å²) in [7, 11) is 0. The van der Waals surface area contributed by atoms with Gasteiger partial charge in [-0.05, 0) is 31.1 Å². The number of unbranched alkanes of at least 4 members (excludes halogenated alkanes) is 9. The number of hydrogen-bond acceptors (Lipinski definition) is 0. The Morgan fingerprint density at radius 1 is 0.609 bits per heavy atom. The molecule has 0 nitrogen and oxygen atoms in total. The van der Waals surface area contributed by atoms with Gasteiger partial charge in [0, 0.05) is 0 Å². The highest BCUT2D eigenvalue weighted by atomic mass is 14.2. The lowest BCUT2D eigenvalue weighted by Crippen LogP contribution is -2.11. The summed E-state index contributed by atoms with van der Waals surface area (Å²) in [6.45, 7) is 9.42. The lowest BCUT2D eigenvalue weighted by atomic mass is 9.83. The van der Waals surface area contributed by atoms with E-state index in [0.29, 0.717) is 0 Å². The molecule has 0 N–H and O–H groups in total. The van der Waals surface area contributed by atoms with E-state index in [1.807, 2.05) is 0 Å². The van der Waals surface area contributed by atoms with Gasteiger partial charge >= 0.3 is 0 Å². The first-order valence-electron chi connectivity index (χ1n) is 10.9. The molecule has 2 unspecified atom stereocenters. The lowest BCUT2D eigenvalue weighted by molar-refractivity contribution is 0.289. The normalized spacial score (nSPS) is 14.4. The zero-order valence-electron chi connectivity index (χ0n) is 16.9. The highest BCUT2D eigenvalue weighted by molar-refractivity contribution is 4.81. The van der Waals surface area contributed by atoms with Gasteiger partial charge in [0.25, 0.3) is 0 Å². The van der Waals surface area contributed by atoms with Gasteiger partial charge in [-0.15, -0.1) is 0 Å². The smallest absolute Gasteiger partial charge is 0.0351 e. The van der Waals surface area contributed by atoms with Crippen LogP contribution in [0.25, 0.3) is 0 Å². The Morgan fingerprint density at radius 2 is 1.13 bits per heavy atom. The molecule has 0 amide bonds. The molecule has 0 aromatic heterocycles. The van der Waals surface area contributed by atoms with Crippen LogP contribution in [0.1, 0.15) is 124 Å². The molecule has 0 aromatic carbocycles. The van der Waals surface area contributed by atoms with Crippen molar-refractivity contribution in [1.82, 2.24) is 0 Å². The predicted molar refractivity (Wildman–Crippen MR) is 108 cm³/mol. The van der Waals surface area contributed by atoms with Gasteiger partial charge in [-0.1, -0.05) is 117 Å². The van der Waals surface area contributed by atoms with E-state index in [4.69, 9.17) is 0 Å². The first kappa shape index (κ1) is 22.7. The second-order valence-corrected chi connectivity index (χ2v) is 7.60. The lowest BCUT2D eigenvalue weighted by Gasteiger charge is -2.23. The van der Waals surface area contributed by atoms with E-state index in [-0.39, 0.29) is 0 Å². The van der Waals surface area contributed by atoms with Crippen LogP contribution >= 0.6 is 0 Å². The van der Waals surface area contributed by atoms with Crippen molar-refractivity contribution in [1.29, 1.82) is 0 Å². The van der Waals surface area contributed by atoms with Crippen molar-refractivity contribution in [2.24, 2.45) is 11.8 Å². The molecule has 0 aromatic rings. The SMILES string of the molecule is CCCC/C=C/CCCCC(CCCCCCCC)C(C)CC. The zero-order valence-corrected chi connectivity index (χ0v) is 16.9. The van der Waals surface area contributed by atoms with Gasteiger partial charge in [0.15, 0.2) is 0 Å². The van der Waals surface area contributed by atoms with Gasteiger partial charge in [0.05, 0.1) is 0 Å². The molecule has 138 valence electrons. The maximum absolute atomic E-state index is 2.48. The van der Waals surface area contributed by atoms with E-state index in [1.54, 1.807) is 0 Å². The average molecular weight is 323 g/mol. The molecule has 23 heavy (non-hydrogen) atoms. The summed E-state index contributed by atoms with van der Waals surface area (Å²) < 4.78 is 0. The van der Waals surface area contributed by atoms with Crippen LogP contribution < -0.4 is 0 Å². The van der Waals surface area contributed by atoms with E-state index >= 15 is 0 Å². The van der Waals surface area contributed by atoms with Crippen LogP contribution in [0.2, 0.25) is 0 Å². The van der Waals surface area contributed by atoms with Crippen LogP contribution in [0.5, 0.6) is 0 Å². The van der Waals surface area contributed by atoms with Crippen LogP contribution in [-0.4, -0.2) is 0 Å². The maximum Gasteiger partial charge on any atom is -0.0351 e. The fraction of sp³-hybridized carbons (Fsp3) is 0.913. The topological polar surface area (TPSA) is 0 Å². The van der Waals surface area contributed by atoms with Crippen LogP contribution in [0.3, 0.4) is 0 Å². The zero-order chi connectivity index (χ0) is 17.2. The maximum atomic E-state index is 2.48. The minimum atomic E-state index is 0.922. The summed E-state index contributed by atoms with van der Waals surface area (Å²) in [5.41, 5.74) is 0. The van der Waals surface area contributed by atoms with Gasteiger partial charge in [-0.2, -0.15) is 0 Å². The largest absolute Gasteiger partial charge is 0.0885 e. The quantitative estimate of drug-likeness (QED) is 0.185. The third-order valence-electron chi connectivity index (χ3n) is 5.46. The molecule has 0 bridgehead atoms. The Balaban J connectivity index is 3.73. The summed E-state index contributed by atoms with van der Waals surface area (Å²) >= 11 is 0. The molecule has 0 rings (SSSR count). The molecule has 0 saturated heterocycles. The van der Waals surface area contributed by atoms with Crippen LogP contribution in [0.4, 0.5) is 0 Å². The third kappa shape index (κ3) is 15.0. The Morgan fingerprint density at radius 3 is 1.74 bits per heavy atom. The molecule has 0 fully saturated rings. The summed E-state index contributed by atoms with van der Waals surface area (Å²) in [5.74, 6) is 1.90. The van der Waals surface area contributed by atoms with Gasteiger partial charge in [0.1, 0.15) is 0 Å². The molecule has 0 aliphatic rings. The molecule has 2 atom stereocenters. The van der Waals surface area contributed by atoms with Gasteiger partial charge in [0.2, 0.25) is 0 Å². The van der Waals surface area contributed by atoms with Crippen molar-refractivity contribution in [3.63, 3.8) is 0 Å². The van der Waals surface area contributed by atoms with Crippen molar-refractivity contribution in [2.75, 3.05) is 0 Å². The number of rotatable bonds is 17. The van der Waals surface area contributed by atoms with Gasteiger partial charge in [-0.3, -0.25) is 0 Å². The molecule has 0 radical (unpaired) electrons. The molecule has 0 saturated carbocycles. The number of hydrogen-bond donors (Lipinski definition) is 0. The van der Waals surface area contributed by atoms with E-state index < -0.39 is 0 Å². The van der Waals surface area contributed by atoms with Crippen molar-refractivity contribution >= 4 is 0 Å². The second-order valence-electron chi connectivity index (χ2n) is 7.60. The van der Waals surface area contributed by atoms with E-state index in [9.17, 15) is 0 Å². The fourth-order valence-electron chi connectivity index (χ4n) is 3.46. The van der Waals surface area contributed by atoms with Crippen LogP contribution in [0, 0.1) is 11.8 Å². The Hall–Kier alpha value is -0.260. The Labute approximate surface area is 148 Å². The molecule has 0 heterocycles. The molecular formula is C23H46. The highest BCUT2D eigenvalue weighted by Gasteiger charge is 2.14. The summed E-state index contributed by atoms with van der Waals surface area (Å²) in [6.07, 6.45) is 25.8. The van der Waals surface area contributed by atoms with Gasteiger partial charge < -0.3 is 0 Å². The minimum absolute atomic E-state index is 0.922. The van der Waals surface area contributed by atoms with Gasteiger partial charge in [-0.25, -0.2) is 0 Å². The molecule has 0 spiro atoms. The minimum Gasteiger partial charge on any atom is -0.0885 e. The number of allylic oxidation sites excluding steroid dienone is 2. The third-order valence-corrected chi connectivity index (χ3v) is 5.46. The molecular weight excluding hydrogens is 276 g/mol. The van der Waals surface area contributed by atoms with E-state index in [0.717, 1.165) is 11.8 Å². The summed E-state index contributed by atoms with van der Waals surface area (Å²) in [6, 6.07) is 0.